The number of hydrogen-bond donors (Lipinski definition) is 3. The second kappa shape index (κ2) is 5.27. The maximum absolute atomic E-state index is 13.2. The molecule has 2 aromatic carbocycles. The number of benzene rings is 2. The van der Waals surface area contributed by atoms with Crippen molar-refractivity contribution in [1.82, 2.24) is 0 Å². The lowest BCUT2D eigenvalue weighted by atomic mass is 10.2. The Morgan fingerprint density at radius 3 is 2.63 bits per heavy atom. The van der Waals surface area contributed by atoms with E-state index in [4.69, 9.17) is 5.73 Å². The molecule has 0 heterocycles. The van der Waals surface area contributed by atoms with Gasteiger partial charge in [0.05, 0.1) is 10.2 Å². The molecule has 0 atom stereocenters. The zero-order valence-electron chi connectivity index (χ0n) is 9.65. The first-order valence-electron chi connectivity index (χ1n) is 5.32. The molecule has 2 rings (SSSR count). The van der Waals surface area contributed by atoms with Crippen molar-refractivity contribution in [1.29, 1.82) is 0 Å². The second-order valence-corrected chi connectivity index (χ2v) is 4.71. The SMILES string of the molecule is Nc1ccc(NC(=O)c2ccc(Br)c(O)c2)cc1F. The summed E-state index contributed by atoms with van der Waals surface area (Å²) < 4.78 is 13.7. The minimum Gasteiger partial charge on any atom is -0.507 e. The van der Waals surface area contributed by atoms with Crippen molar-refractivity contribution in [2.75, 3.05) is 11.1 Å². The van der Waals surface area contributed by atoms with E-state index in [2.05, 4.69) is 21.2 Å². The summed E-state index contributed by atoms with van der Waals surface area (Å²) >= 11 is 3.12. The van der Waals surface area contributed by atoms with E-state index in [1.807, 2.05) is 0 Å². The van der Waals surface area contributed by atoms with Gasteiger partial charge in [-0.1, -0.05) is 0 Å². The predicted molar refractivity (Wildman–Crippen MR) is 74.6 cm³/mol. The molecule has 0 spiro atoms. The van der Waals surface area contributed by atoms with E-state index in [-0.39, 0.29) is 17.0 Å². The number of nitrogens with one attached hydrogen (secondary N) is 1. The Morgan fingerprint density at radius 2 is 2.00 bits per heavy atom. The van der Waals surface area contributed by atoms with E-state index in [0.717, 1.165) is 6.07 Å². The summed E-state index contributed by atoms with van der Waals surface area (Å²) in [6.07, 6.45) is 0. The highest BCUT2D eigenvalue weighted by Gasteiger charge is 2.09. The van der Waals surface area contributed by atoms with Crippen LogP contribution in [0.15, 0.2) is 40.9 Å². The maximum Gasteiger partial charge on any atom is 0.255 e. The molecule has 98 valence electrons. The first kappa shape index (κ1) is 13.4. The van der Waals surface area contributed by atoms with Gasteiger partial charge in [-0.25, -0.2) is 4.39 Å². The van der Waals surface area contributed by atoms with Crippen molar-refractivity contribution in [3.63, 3.8) is 0 Å². The Morgan fingerprint density at radius 1 is 1.26 bits per heavy atom. The molecule has 0 aliphatic heterocycles. The first-order valence-corrected chi connectivity index (χ1v) is 6.11. The number of nitrogen functional groups attached to an aromatic ring is 1. The highest BCUT2D eigenvalue weighted by molar-refractivity contribution is 9.10. The van der Waals surface area contributed by atoms with Gasteiger partial charge in [-0.15, -0.1) is 0 Å². The number of anilines is 2. The van der Waals surface area contributed by atoms with Crippen molar-refractivity contribution in [2.24, 2.45) is 0 Å². The van der Waals surface area contributed by atoms with Crippen molar-refractivity contribution < 1.29 is 14.3 Å². The van der Waals surface area contributed by atoms with Gasteiger partial charge in [0.25, 0.3) is 5.91 Å². The topological polar surface area (TPSA) is 75.3 Å². The van der Waals surface area contributed by atoms with Gasteiger partial charge < -0.3 is 16.2 Å². The molecule has 1 amide bonds. The van der Waals surface area contributed by atoms with Gasteiger partial charge in [0.1, 0.15) is 11.6 Å². The van der Waals surface area contributed by atoms with E-state index >= 15 is 0 Å². The fourth-order valence-corrected chi connectivity index (χ4v) is 1.71. The molecular weight excluding hydrogens is 315 g/mol. The number of halogens is 2. The number of hydrogen-bond acceptors (Lipinski definition) is 3. The number of carbonyl (C=O) groups excluding carboxylic acids is 1. The van der Waals surface area contributed by atoms with Crippen molar-refractivity contribution in [2.45, 2.75) is 0 Å². The summed E-state index contributed by atoms with van der Waals surface area (Å²) in [5.74, 6) is -1.10. The number of phenolic OH excluding ortho intramolecular Hbond substituents is 1. The Labute approximate surface area is 117 Å². The van der Waals surface area contributed by atoms with Crippen LogP contribution in [0.25, 0.3) is 0 Å². The van der Waals surface area contributed by atoms with Crippen LogP contribution in [0.1, 0.15) is 10.4 Å². The summed E-state index contributed by atoms with van der Waals surface area (Å²) in [6.45, 7) is 0. The highest BCUT2D eigenvalue weighted by atomic mass is 79.9. The lowest BCUT2D eigenvalue weighted by molar-refractivity contribution is 0.102. The molecule has 0 aliphatic carbocycles. The summed E-state index contributed by atoms with van der Waals surface area (Å²) in [4.78, 5) is 11.9. The van der Waals surface area contributed by atoms with Crippen LogP contribution in [-0.4, -0.2) is 11.0 Å². The average molecular weight is 325 g/mol. The van der Waals surface area contributed by atoms with Gasteiger partial charge in [-0.05, 0) is 52.3 Å². The molecule has 0 bridgehead atoms. The van der Waals surface area contributed by atoms with Crippen molar-refractivity contribution >= 4 is 33.2 Å². The zero-order valence-corrected chi connectivity index (χ0v) is 11.2. The first-order chi connectivity index (χ1) is 8.97. The van der Waals surface area contributed by atoms with Gasteiger partial charge in [0.2, 0.25) is 0 Å². The molecule has 0 aliphatic rings. The molecule has 2 aromatic rings. The third-order valence-corrected chi connectivity index (χ3v) is 3.14. The number of amides is 1. The van der Waals surface area contributed by atoms with Crippen LogP contribution in [0.5, 0.6) is 5.75 Å². The second-order valence-electron chi connectivity index (χ2n) is 3.86. The molecular formula is C13H10BrFN2O2. The number of aromatic hydroxyl groups is 1. The number of rotatable bonds is 2. The van der Waals surface area contributed by atoms with Crippen molar-refractivity contribution in [3.8, 4) is 5.75 Å². The molecule has 6 heteroatoms. The van der Waals surface area contributed by atoms with Crippen LogP contribution in [-0.2, 0) is 0 Å². The lowest BCUT2D eigenvalue weighted by Crippen LogP contribution is -2.12. The third kappa shape index (κ3) is 3.03. The quantitative estimate of drug-likeness (QED) is 0.743. The fraction of sp³-hybridized carbons (Fsp3) is 0. The Kier molecular flexibility index (Phi) is 3.71. The van der Waals surface area contributed by atoms with E-state index in [1.165, 1.54) is 24.3 Å². The molecule has 0 radical (unpaired) electrons. The van der Waals surface area contributed by atoms with E-state index in [1.54, 1.807) is 6.07 Å². The number of nitrogens with two attached hydrogens (primary N) is 1. The Bertz CT molecular complexity index is 647. The molecule has 19 heavy (non-hydrogen) atoms. The molecule has 0 fully saturated rings. The molecule has 0 saturated heterocycles. The zero-order chi connectivity index (χ0) is 14.0. The minimum absolute atomic E-state index is 0.0132. The Hall–Kier alpha value is -2.08. The largest absolute Gasteiger partial charge is 0.507 e. The fourth-order valence-electron chi connectivity index (χ4n) is 1.46. The normalized spacial score (nSPS) is 10.2. The smallest absolute Gasteiger partial charge is 0.255 e. The lowest BCUT2D eigenvalue weighted by Gasteiger charge is -2.07. The molecule has 0 saturated carbocycles. The van der Waals surface area contributed by atoms with Gasteiger partial charge in [0.15, 0.2) is 0 Å². The Balaban J connectivity index is 2.20. The van der Waals surface area contributed by atoms with Gasteiger partial charge in [-0.2, -0.15) is 0 Å². The summed E-state index contributed by atoms with van der Waals surface area (Å²) in [5, 5.41) is 12.0. The van der Waals surface area contributed by atoms with Gasteiger partial charge >= 0.3 is 0 Å². The highest BCUT2D eigenvalue weighted by Crippen LogP contribution is 2.25. The average Bonchev–Trinajstić information content (AvgIpc) is 2.37. The molecule has 0 unspecified atom stereocenters. The summed E-state index contributed by atoms with van der Waals surface area (Å²) in [7, 11) is 0. The predicted octanol–water partition coefficient (Wildman–Crippen LogP) is 3.13. The van der Waals surface area contributed by atoms with E-state index < -0.39 is 11.7 Å². The minimum atomic E-state index is -0.601. The van der Waals surface area contributed by atoms with Crippen molar-refractivity contribution in [3.05, 3.63) is 52.3 Å². The van der Waals surface area contributed by atoms with Gasteiger partial charge in [0, 0.05) is 11.3 Å². The molecule has 0 aromatic heterocycles. The molecule has 4 nitrogen and oxygen atoms in total. The third-order valence-electron chi connectivity index (χ3n) is 2.47. The van der Waals surface area contributed by atoms with Crippen LogP contribution >= 0.6 is 15.9 Å². The van der Waals surface area contributed by atoms with E-state index in [9.17, 15) is 14.3 Å². The van der Waals surface area contributed by atoms with Gasteiger partial charge in [-0.3, -0.25) is 4.79 Å². The van der Waals surface area contributed by atoms with Crippen LogP contribution in [0, 0.1) is 5.82 Å². The van der Waals surface area contributed by atoms with Crippen LogP contribution in [0.2, 0.25) is 0 Å². The maximum atomic E-state index is 13.2. The van der Waals surface area contributed by atoms with Crippen LogP contribution in [0.3, 0.4) is 0 Å². The molecule has 4 N–H and O–H groups in total. The monoisotopic (exact) mass is 324 g/mol. The standard InChI is InChI=1S/C13H10BrFN2O2/c14-9-3-1-7(5-12(9)18)13(19)17-8-2-4-11(16)10(15)6-8/h1-6,18H,16H2,(H,17,19). The van der Waals surface area contributed by atoms with Crippen LogP contribution < -0.4 is 11.1 Å². The van der Waals surface area contributed by atoms with E-state index in [0.29, 0.717) is 10.2 Å². The summed E-state index contributed by atoms with van der Waals surface area (Å²) in [6, 6.07) is 8.39. The number of carbonyl (C=O) groups is 1. The van der Waals surface area contributed by atoms with Crippen LogP contribution in [0.4, 0.5) is 15.8 Å². The number of phenols is 1. The summed E-state index contributed by atoms with van der Waals surface area (Å²) in [5.41, 5.74) is 5.91.